The molecule has 7 nitrogen and oxygen atoms in total. The minimum absolute atomic E-state index is 0.182. The molecule has 0 spiro atoms. The molecule has 1 unspecified atom stereocenters. The van der Waals surface area contributed by atoms with E-state index in [-0.39, 0.29) is 18.5 Å². The molecule has 1 atom stereocenters. The number of rotatable bonds is 6. The second-order valence-corrected chi connectivity index (χ2v) is 7.97. The third kappa shape index (κ3) is 4.60. The van der Waals surface area contributed by atoms with Crippen molar-refractivity contribution in [2.24, 2.45) is 5.16 Å². The van der Waals surface area contributed by atoms with Crippen molar-refractivity contribution in [1.29, 1.82) is 0 Å². The lowest BCUT2D eigenvalue weighted by Gasteiger charge is -2.11. The Balaban J connectivity index is 1.39. The number of aromatic nitrogens is 2. The number of aryl methyl sites for hydroxylation is 2. The maximum atomic E-state index is 13.1. The highest BCUT2D eigenvalue weighted by Crippen LogP contribution is 2.24. The van der Waals surface area contributed by atoms with Crippen LogP contribution < -0.4 is 10.1 Å². The number of ether oxygens (including phenoxy) is 1. The van der Waals surface area contributed by atoms with Gasteiger partial charge in [0.05, 0.1) is 22.8 Å². The summed E-state index contributed by atoms with van der Waals surface area (Å²) in [5.41, 5.74) is 4.25. The number of carbonyl (C=O) groups is 1. The average Bonchev–Trinajstić information content (AvgIpc) is 3.36. The predicted octanol–water partition coefficient (Wildman–Crippen LogP) is 4.77. The number of halogens is 2. The van der Waals surface area contributed by atoms with Crippen molar-refractivity contribution in [3.63, 3.8) is 0 Å². The number of hydrogen-bond donors (Lipinski definition) is 1. The second-order valence-electron chi connectivity index (χ2n) is 7.56. The number of hydrogen-bond acceptors (Lipinski definition) is 5. The van der Waals surface area contributed by atoms with Crippen molar-refractivity contribution in [3.8, 4) is 5.75 Å². The standard InChI is InChI=1S/C23H22ClFN4O3/c1-13-10-18(8-9-19(13)24)31-12-29-15(3)22(14(2)27-29)26-23(30)21-11-20(28-32-21)16-4-6-17(25)7-5-16/h4-10,21H,11-12H2,1-3H3,(H,26,30). The van der Waals surface area contributed by atoms with Gasteiger partial charge >= 0.3 is 0 Å². The molecule has 32 heavy (non-hydrogen) atoms. The van der Waals surface area contributed by atoms with Crippen LogP contribution in [-0.4, -0.2) is 27.5 Å². The van der Waals surface area contributed by atoms with Crippen molar-refractivity contribution in [2.75, 3.05) is 5.32 Å². The molecule has 1 N–H and O–H groups in total. The number of nitrogens with zero attached hydrogens (tertiary/aromatic N) is 3. The second kappa shape index (κ2) is 9.00. The van der Waals surface area contributed by atoms with Crippen LogP contribution in [-0.2, 0) is 16.4 Å². The first-order valence-corrected chi connectivity index (χ1v) is 10.4. The average molecular weight is 457 g/mol. The van der Waals surface area contributed by atoms with Gasteiger partial charge in [-0.05, 0) is 62.2 Å². The molecule has 9 heteroatoms. The highest BCUT2D eigenvalue weighted by atomic mass is 35.5. The topological polar surface area (TPSA) is 77.7 Å². The van der Waals surface area contributed by atoms with Crippen LogP contribution >= 0.6 is 11.6 Å². The van der Waals surface area contributed by atoms with E-state index in [1.54, 1.807) is 28.9 Å². The quantitative estimate of drug-likeness (QED) is 0.579. The lowest BCUT2D eigenvalue weighted by atomic mass is 10.0. The minimum atomic E-state index is -0.773. The van der Waals surface area contributed by atoms with Crippen molar-refractivity contribution in [3.05, 3.63) is 75.8 Å². The highest BCUT2D eigenvalue weighted by molar-refractivity contribution is 6.31. The van der Waals surface area contributed by atoms with Crippen LogP contribution in [0.25, 0.3) is 0 Å². The van der Waals surface area contributed by atoms with E-state index in [0.717, 1.165) is 16.8 Å². The van der Waals surface area contributed by atoms with Gasteiger partial charge in [-0.3, -0.25) is 4.79 Å². The summed E-state index contributed by atoms with van der Waals surface area (Å²) in [6, 6.07) is 11.3. The monoisotopic (exact) mass is 456 g/mol. The Labute approximate surface area is 189 Å². The number of nitrogens with one attached hydrogen (secondary N) is 1. The van der Waals surface area contributed by atoms with Gasteiger partial charge in [-0.15, -0.1) is 0 Å². The van der Waals surface area contributed by atoms with Gasteiger partial charge in [0.15, 0.2) is 6.73 Å². The fourth-order valence-corrected chi connectivity index (χ4v) is 3.50. The summed E-state index contributed by atoms with van der Waals surface area (Å²) in [6.45, 7) is 5.74. The number of benzene rings is 2. The SMILES string of the molecule is Cc1cc(OCn2nc(C)c(NC(=O)C3CC(c4ccc(F)cc4)=NO3)c2C)ccc1Cl. The third-order valence-electron chi connectivity index (χ3n) is 5.25. The number of anilines is 1. The number of oxime groups is 1. The van der Waals surface area contributed by atoms with E-state index < -0.39 is 6.10 Å². The zero-order valence-electron chi connectivity index (χ0n) is 17.9. The van der Waals surface area contributed by atoms with Crippen molar-refractivity contribution >= 4 is 28.9 Å². The van der Waals surface area contributed by atoms with Crippen LogP contribution in [0.3, 0.4) is 0 Å². The van der Waals surface area contributed by atoms with Gasteiger partial charge in [0, 0.05) is 11.4 Å². The van der Waals surface area contributed by atoms with Crippen molar-refractivity contribution in [2.45, 2.75) is 40.0 Å². The molecule has 0 aliphatic carbocycles. The van der Waals surface area contributed by atoms with Gasteiger partial charge in [0.25, 0.3) is 5.91 Å². The van der Waals surface area contributed by atoms with E-state index in [2.05, 4.69) is 15.6 Å². The molecule has 1 amide bonds. The largest absolute Gasteiger partial charge is 0.471 e. The van der Waals surface area contributed by atoms with E-state index in [4.69, 9.17) is 21.2 Å². The van der Waals surface area contributed by atoms with Gasteiger partial charge in [0.2, 0.25) is 6.10 Å². The molecular formula is C23H22ClFN4O3. The molecule has 0 bridgehead atoms. The first-order chi connectivity index (χ1) is 15.3. The van der Waals surface area contributed by atoms with Gasteiger partial charge < -0.3 is 14.9 Å². The molecule has 0 saturated heterocycles. The van der Waals surface area contributed by atoms with Crippen LogP contribution in [0.5, 0.6) is 5.75 Å². The van der Waals surface area contributed by atoms with Crippen LogP contribution in [0.4, 0.5) is 10.1 Å². The van der Waals surface area contributed by atoms with Crippen LogP contribution in [0.15, 0.2) is 47.6 Å². The minimum Gasteiger partial charge on any atom is -0.471 e. The molecule has 3 aromatic rings. The normalized spacial score (nSPS) is 15.3. The summed E-state index contributed by atoms with van der Waals surface area (Å²) >= 11 is 6.05. The summed E-state index contributed by atoms with van der Waals surface area (Å²) in [5.74, 6) is 0.0152. The maximum Gasteiger partial charge on any atom is 0.268 e. The van der Waals surface area contributed by atoms with Gasteiger partial charge in [-0.1, -0.05) is 28.9 Å². The first kappa shape index (κ1) is 21.8. The van der Waals surface area contributed by atoms with E-state index in [9.17, 15) is 9.18 Å². The Morgan fingerprint density at radius 1 is 1.25 bits per heavy atom. The summed E-state index contributed by atoms with van der Waals surface area (Å²) in [6.07, 6.45) is -0.478. The van der Waals surface area contributed by atoms with E-state index >= 15 is 0 Å². The first-order valence-electron chi connectivity index (χ1n) is 10.0. The fourth-order valence-electron chi connectivity index (χ4n) is 3.38. The lowest BCUT2D eigenvalue weighted by Crippen LogP contribution is -2.28. The molecule has 0 radical (unpaired) electrons. The van der Waals surface area contributed by atoms with Crippen LogP contribution in [0.1, 0.15) is 28.9 Å². The Morgan fingerprint density at radius 3 is 2.72 bits per heavy atom. The Morgan fingerprint density at radius 2 is 2.00 bits per heavy atom. The number of carbonyl (C=O) groups excluding carboxylic acids is 1. The smallest absolute Gasteiger partial charge is 0.268 e. The maximum absolute atomic E-state index is 13.1. The molecule has 0 fully saturated rings. The van der Waals surface area contributed by atoms with Crippen LogP contribution in [0, 0.1) is 26.6 Å². The lowest BCUT2D eigenvalue weighted by molar-refractivity contribution is -0.125. The van der Waals surface area contributed by atoms with Gasteiger partial charge in [-0.25, -0.2) is 9.07 Å². The summed E-state index contributed by atoms with van der Waals surface area (Å²) in [7, 11) is 0. The third-order valence-corrected chi connectivity index (χ3v) is 5.68. The highest BCUT2D eigenvalue weighted by Gasteiger charge is 2.30. The molecule has 2 heterocycles. The molecule has 166 valence electrons. The zero-order chi connectivity index (χ0) is 22.8. The van der Waals surface area contributed by atoms with E-state index in [1.165, 1.54) is 12.1 Å². The van der Waals surface area contributed by atoms with Crippen molar-refractivity contribution in [1.82, 2.24) is 9.78 Å². The van der Waals surface area contributed by atoms with Crippen molar-refractivity contribution < 1.29 is 18.8 Å². The molecular weight excluding hydrogens is 435 g/mol. The summed E-state index contributed by atoms with van der Waals surface area (Å²) in [5, 5.41) is 12.0. The zero-order valence-corrected chi connectivity index (χ0v) is 18.6. The van der Waals surface area contributed by atoms with Gasteiger partial charge in [0.1, 0.15) is 11.6 Å². The fraction of sp³-hybridized carbons (Fsp3) is 0.261. The molecule has 0 saturated carbocycles. The number of amides is 1. The predicted molar refractivity (Wildman–Crippen MR) is 120 cm³/mol. The van der Waals surface area contributed by atoms with Gasteiger partial charge in [-0.2, -0.15) is 5.10 Å². The molecule has 4 rings (SSSR count). The molecule has 1 aliphatic heterocycles. The summed E-state index contributed by atoms with van der Waals surface area (Å²) in [4.78, 5) is 18.1. The van der Waals surface area contributed by atoms with Crippen LogP contribution in [0.2, 0.25) is 5.02 Å². The molecule has 1 aliphatic rings. The Kier molecular flexibility index (Phi) is 6.14. The summed E-state index contributed by atoms with van der Waals surface area (Å²) < 4.78 is 20.6. The van der Waals surface area contributed by atoms with E-state index in [0.29, 0.717) is 34.3 Å². The Hall–Kier alpha value is -3.39. The Bertz CT molecular complexity index is 1190. The van der Waals surface area contributed by atoms with E-state index in [1.807, 2.05) is 26.8 Å². The molecule has 2 aromatic carbocycles. The molecule has 1 aromatic heterocycles.